The van der Waals surface area contributed by atoms with Crippen molar-refractivity contribution >= 4 is 0 Å². The van der Waals surface area contributed by atoms with E-state index in [2.05, 4.69) is 15.1 Å². The normalized spacial score (nSPS) is 10.1. The minimum atomic E-state index is 0.790. The average molecular weight is 160 g/mol. The Morgan fingerprint density at radius 2 is 2.25 bits per heavy atom. The third-order valence-corrected chi connectivity index (χ3v) is 1.55. The van der Waals surface area contributed by atoms with Crippen LogP contribution in [-0.2, 0) is 0 Å². The van der Waals surface area contributed by atoms with Crippen LogP contribution in [0.4, 0.5) is 0 Å². The van der Waals surface area contributed by atoms with Gasteiger partial charge in [-0.3, -0.25) is 0 Å². The molecule has 0 aliphatic rings. The van der Waals surface area contributed by atoms with Gasteiger partial charge in [0, 0.05) is 6.20 Å². The first-order valence-electron chi connectivity index (χ1n) is 3.64. The van der Waals surface area contributed by atoms with E-state index in [-0.39, 0.29) is 0 Å². The van der Waals surface area contributed by atoms with Crippen molar-refractivity contribution in [2.45, 2.75) is 6.92 Å². The van der Waals surface area contributed by atoms with Crippen molar-refractivity contribution in [1.29, 1.82) is 0 Å². The summed E-state index contributed by atoms with van der Waals surface area (Å²) in [6.07, 6.45) is 4.91. The third kappa shape index (κ3) is 1.18. The van der Waals surface area contributed by atoms with E-state index in [0.717, 1.165) is 11.4 Å². The van der Waals surface area contributed by atoms with E-state index in [0.29, 0.717) is 0 Å². The number of rotatable bonds is 1. The van der Waals surface area contributed by atoms with Crippen LogP contribution in [0.3, 0.4) is 0 Å². The number of nitrogens with zero attached hydrogens (tertiary/aromatic N) is 4. The zero-order valence-electron chi connectivity index (χ0n) is 6.68. The summed E-state index contributed by atoms with van der Waals surface area (Å²) in [5.41, 5.74) is 1.14. The van der Waals surface area contributed by atoms with Crippen LogP contribution >= 0.6 is 0 Å². The zero-order valence-corrected chi connectivity index (χ0v) is 6.68. The average Bonchev–Trinajstić information content (AvgIpc) is 2.58. The Balaban J connectivity index is 2.43. The molecule has 0 N–H and O–H groups in total. The van der Waals surface area contributed by atoms with Crippen molar-refractivity contribution in [3.05, 3.63) is 36.5 Å². The van der Waals surface area contributed by atoms with Crippen molar-refractivity contribution in [3.63, 3.8) is 0 Å². The molecular formula is C8H8N4. The summed E-state index contributed by atoms with van der Waals surface area (Å²) in [4.78, 5) is 8.01. The van der Waals surface area contributed by atoms with Crippen LogP contribution in [0.2, 0.25) is 0 Å². The Bertz CT molecular complexity index is 349. The first-order chi connectivity index (χ1) is 5.86. The van der Waals surface area contributed by atoms with Crippen molar-refractivity contribution in [2.24, 2.45) is 0 Å². The van der Waals surface area contributed by atoms with Crippen LogP contribution in [0, 0.1) is 6.92 Å². The van der Waals surface area contributed by atoms with E-state index in [4.69, 9.17) is 0 Å². The molecule has 0 bridgehead atoms. The number of hydrogen-bond acceptors (Lipinski definition) is 3. The van der Waals surface area contributed by atoms with E-state index >= 15 is 0 Å². The van der Waals surface area contributed by atoms with Gasteiger partial charge in [-0.25, -0.2) is 14.6 Å². The van der Waals surface area contributed by atoms with Gasteiger partial charge in [-0.1, -0.05) is 6.07 Å². The Hall–Kier alpha value is -1.71. The lowest BCUT2D eigenvalue weighted by Crippen LogP contribution is -1.96. The van der Waals surface area contributed by atoms with E-state index in [1.165, 1.54) is 6.33 Å². The van der Waals surface area contributed by atoms with Crippen LogP contribution < -0.4 is 0 Å². The largest absolute Gasteiger partial charge is 0.237 e. The van der Waals surface area contributed by atoms with E-state index in [9.17, 15) is 0 Å². The SMILES string of the molecule is Cc1ccc(-n2cncn2)nc1. The lowest BCUT2D eigenvalue weighted by Gasteiger charge is -1.97. The van der Waals surface area contributed by atoms with Gasteiger partial charge in [0.1, 0.15) is 12.7 Å². The molecule has 0 amide bonds. The van der Waals surface area contributed by atoms with Crippen LogP contribution in [0.1, 0.15) is 5.56 Å². The van der Waals surface area contributed by atoms with E-state index < -0.39 is 0 Å². The van der Waals surface area contributed by atoms with Crippen LogP contribution in [0.25, 0.3) is 5.82 Å². The summed E-state index contributed by atoms with van der Waals surface area (Å²) in [5, 5.41) is 3.96. The monoisotopic (exact) mass is 160 g/mol. The van der Waals surface area contributed by atoms with Gasteiger partial charge in [0.15, 0.2) is 5.82 Å². The standard InChI is InChI=1S/C8H8N4/c1-7-2-3-8(10-4-7)12-6-9-5-11-12/h2-6H,1H3. The number of hydrogen-bond donors (Lipinski definition) is 0. The third-order valence-electron chi connectivity index (χ3n) is 1.55. The van der Waals surface area contributed by atoms with Gasteiger partial charge in [-0.15, -0.1) is 0 Å². The summed E-state index contributed by atoms with van der Waals surface area (Å²) in [5.74, 6) is 0.790. The molecule has 0 saturated carbocycles. The van der Waals surface area contributed by atoms with Gasteiger partial charge < -0.3 is 0 Å². The number of aryl methyl sites for hydroxylation is 1. The molecule has 4 nitrogen and oxygen atoms in total. The highest BCUT2D eigenvalue weighted by atomic mass is 15.3. The summed E-state index contributed by atoms with van der Waals surface area (Å²) in [7, 11) is 0. The number of pyridine rings is 1. The summed E-state index contributed by atoms with van der Waals surface area (Å²) < 4.78 is 1.62. The zero-order chi connectivity index (χ0) is 8.39. The number of aromatic nitrogens is 4. The second-order valence-electron chi connectivity index (χ2n) is 2.53. The lowest BCUT2D eigenvalue weighted by molar-refractivity contribution is 0.844. The Morgan fingerprint density at radius 3 is 2.83 bits per heavy atom. The Labute approximate surface area is 69.9 Å². The fourth-order valence-electron chi connectivity index (χ4n) is 0.922. The molecule has 60 valence electrons. The van der Waals surface area contributed by atoms with Crippen molar-refractivity contribution in [3.8, 4) is 5.82 Å². The molecule has 0 radical (unpaired) electrons. The molecule has 4 heteroatoms. The minimum Gasteiger partial charge on any atom is -0.237 e. The molecule has 2 aromatic heterocycles. The minimum absolute atomic E-state index is 0.790. The fourth-order valence-corrected chi connectivity index (χ4v) is 0.922. The maximum absolute atomic E-state index is 4.18. The highest BCUT2D eigenvalue weighted by molar-refractivity contribution is 5.22. The summed E-state index contributed by atoms with van der Waals surface area (Å²) in [6.45, 7) is 2.00. The predicted octanol–water partition coefficient (Wildman–Crippen LogP) is 0.971. The van der Waals surface area contributed by atoms with Crippen molar-refractivity contribution < 1.29 is 0 Å². The van der Waals surface area contributed by atoms with Gasteiger partial charge in [0.05, 0.1) is 0 Å². The van der Waals surface area contributed by atoms with Gasteiger partial charge in [-0.05, 0) is 18.6 Å². The maximum atomic E-state index is 4.18. The smallest absolute Gasteiger partial charge is 0.155 e. The van der Waals surface area contributed by atoms with Crippen LogP contribution in [-0.4, -0.2) is 19.7 Å². The molecule has 0 unspecified atom stereocenters. The van der Waals surface area contributed by atoms with Crippen molar-refractivity contribution in [1.82, 2.24) is 19.7 Å². The first-order valence-corrected chi connectivity index (χ1v) is 3.64. The van der Waals surface area contributed by atoms with Crippen molar-refractivity contribution in [2.75, 3.05) is 0 Å². The quantitative estimate of drug-likeness (QED) is 0.624. The van der Waals surface area contributed by atoms with E-state index in [1.54, 1.807) is 17.2 Å². The van der Waals surface area contributed by atoms with Crippen LogP contribution in [0.5, 0.6) is 0 Å². The Morgan fingerprint density at radius 1 is 1.33 bits per heavy atom. The highest BCUT2D eigenvalue weighted by Crippen LogP contribution is 2.01. The molecular weight excluding hydrogens is 152 g/mol. The van der Waals surface area contributed by atoms with Gasteiger partial charge in [-0.2, -0.15) is 5.10 Å². The topological polar surface area (TPSA) is 43.6 Å². The first kappa shape index (κ1) is 6.97. The van der Waals surface area contributed by atoms with Crippen LogP contribution in [0.15, 0.2) is 31.0 Å². The Kier molecular flexibility index (Phi) is 1.59. The second-order valence-corrected chi connectivity index (χ2v) is 2.53. The predicted molar refractivity (Wildman–Crippen MR) is 43.9 cm³/mol. The molecule has 0 saturated heterocycles. The van der Waals surface area contributed by atoms with Gasteiger partial charge in [0.2, 0.25) is 0 Å². The fraction of sp³-hybridized carbons (Fsp3) is 0.125. The van der Waals surface area contributed by atoms with Gasteiger partial charge >= 0.3 is 0 Å². The molecule has 0 aliphatic heterocycles. The molecule has 0 fully saturated rings. The maximum Gasteiger partial charge on any atom is 0.155 e. The molecule has 0 atom stereocenters. The summed E-state index contributed by atoms with van der Waals surface area (Å²) in [6, 6.07) is 3.90. The molecule has 12 heavy (non-hydrogen) atoms. The molecule has 2 heterocycles. The summed E-state index contributed by atoms with van der Waals surface area (Å²) >= 11 is 0. The molecule has 2 aromatic rings. The molecule has 0 aliphatic carbocycles. The molecule has 0 aromatic carbocycles. The highest BCUT2D eigenvalue weighted by Gasteiger charge is 1.95. The van der Waals surface area contributed by atoms with E-state index in [1.807, 2.05) is 19.1 Å². The lowest BCUT2D eigenvalue weighted by atomic mass is 10.3. The second kappa shape index (κ2) is 2.73. The molecule has 2 rings (SSSR count). The van der Waals surface area contributed by atoms with Gasteiger partial charge in [0.25, 0.3) is 0 Å². The molecule has 0 spiro atoms.